The second-order valence-corrected chi connectivity index (χ2v) is 9.04. The number of carbonyl (C=O) groups excluding carboxylic acids is 2. The number of pyridine rings is 2. The molecule has 34 heavy (non-hydrogen) atoms. The summed E-state index contributed by atoms with van der Waals surface area (Å²) in [7, 11) is 1.48. The fourth-order valence-corrected chi connectivity index (χ4v) is 5.33. The zero-order valence-corrected chi connectivity index (χ0v) is 19.4. The highest BCUT2D eigenvalue weighted by atomic mass is 32.2. The topological polar surface area (TPSA) is 125 Å². The van der Waals surface area contributed by atoms with Crippen molar-refractivity contribution >= 4 is 29.5 Å². The summed E-state index contributed by atoms with van der Waals surface area (Å²) in [6.45, 7) is 1.03. The molecular formula is C23H25N5O5S. The minimum Gasteiger partial charge on any atom is -0.477 e. The number of fused-ring (bicyclic) bond motifs is 1. The van der Waals surface area contributed by atoms with E-state index in [0.29, 0.717) is 24.4 Å². The van der Waals surface area contributed by atoms with Crippen molar-refractivity contribution in [2.75, 3.05) is 26.0 Å². The van der Waals surface area contributed by atoms with Crippen molar-refractivity contribution in [1.82, 2.24) is 25.1 Å². The van der Waals surface area contributed by atoms with Crippen molar-refractivity contribution in [2.24, 2.45) is 0 Å². The molecule has 0 saturated carbocycles. The molecule has 11 heteroatoms. The van der Waals surface area contributed by atoms with Crippen LogP contribution in [0.4, 0.5) is 0 Å². The number of methoxy groups -OCH3 is 1. The largest absolute Gasteiger partial charge is 0.477 e. The van der Waals surface area contributed by atoms with Crippen molar-refractivity contribution in [3.8, 4) is 0 Å². The first kappa shape index (κ1) is 23.9. The quantitative estimate of drug-likeness (QED) is 0.474. The molecule has 2 amide bonds. The molecule has 0 aromatic carbocycles. The normalized spacial score (nSPS) is 19.6. The average Bonchev–Trinajstić information content (AvgIpc) is 2.83. The summed E-state index contributed by atoms with van der Waals surface area (Å²) in [5, 5.41) is 12.0. The molecule has 10 nitrogen and oxygen atoms in total. The molecular weight excluding hydrogens is 458 g/mol. The van der Waals surface area contributed by atoms with Crippen LogP contribution in [-0.4, -0.2) is 80.1 Å². The van der Waals surface area contributed by atoms with Crippen LogP contribution in [0.3, 0.4) is 0 Å². The number of carboxylic acids is 1. The van der Waals surface area contributed by atoms with E-state index in [2.05, 4.69) is 15.3 Å². The number of nitrogens with one attached hydrogen (secondary N) is 1. The SMILES string of the molecule is COCC1=C(C(=O)O)N2C(=O)C(NC(=O)CN(Cc3ccccn3)Cc3ccccn3)C2SC1. The molecule has 1 fully saturated rings. The van der Waals surface area contributed by atoms with Crippen LogP contribution in [0.2, 0.25) is 0 Å². The zero-order valence-electron chi connectivity index (χ0n) is 18.6. The van der Waals surface area contributed by atoms with Crippen LogP contribution >= 0.6 is 11.8 Å². The monoisotopic (exact) mass is 483 g/mol. The molecule has 4 rings (SSSR count). The molecule has 2 aromatic rings. The van der Waals surface area contributed by atoms with Gasteiger partial charge in [0.15, 0.2) is 0 Å². The van der Waals surface area contributed by atoms with Crippen LogP contribution in [0.15, 0.2) is 60.1 Å². The number of β-lactam (4-membered cyclic amide) rings is 1. The summed E-state index contributed by atoms with van der Waals surface area (Å²) >= 11 is 1.42. The van der Waals surface area contributed by atoms with Gasteiger partial charge in [-0.15, -0.1) is 11.8 Å². The third-order valence-corrected chi connectivity index (χ3v) is 6.82. The van der Waals surface area contributed by atoms with Gasteiger partial charge in [0.2, 0.25) is 5.91 Å². The molecule has 1 saturated heterocycles. The van der Waals surface area contributed by atoms with E-state index in [-0.39, 0.29) is 24.8 Å². The standard InChI is InChI=1S/C23H25N5O5S/c1-33-13-15-14-34-22-19(21(30)28(22)20(15)23(31)32)26-18(29)12-27(10-16-6-2-4-8-24-16)11-17-7-3-5-9-25-17/h2-9,19,22H,10-14H2,1H3,(H,26,29)(H,31,32). The number of hydrogen-bond acceptors (Lipinski definition) is 8. The predicted octanol–water partition coefficient (Wildman–Crippen LogP) is 0.864. The number of amides is 2. The summed E-state index contributed by atoms with van der Waals surface area (Å²) in [6, 6.07) is 10.4. The molecule has 0 radical (unpaired) electrons. The van der Waals surface area contributed by atoms with E-state index in [0.717, 1.165) is 11.4 Å². The molecule has 2 aromatic heterocycles. The number of carbonyl (C=O) groups is 3. The van der Waals surface area contributed by atoms with Gasteiger partial charge in [0.25, 0.3) is 5.91 Å². The highest BCUT2D eigenvalue weighted by Gasteiger charge is 2.54. The van der Waals surface area contributed by atoms with Crippen LogP contribution < -0.4 is 5.32 Å². The summed E-state index contributed by atoms with van der Waals surface area (Å²) in [5.41, 5.74) is 2.11. The summed E-state index contributed by atoms with van der Waals surface area (Å²) in [6.07, 6.45) is 3.39. The fourth-order valence-electron chi connectivity index (χ4n) is 4.00. The maximum Gasteiger partial charge on any atom is 0.352 e. The van der Waals surface area contributed by atoms with E-state index in [9.17, 15) is 19.5 Å². The Bertz CT molecular complexity index is 1040. The Labute approximate surface area is 201 Å². The number of aromatic nitrogens is 2. The van der Waals surface area contributed by atoms with Gasteiger partial charge in [-0.05, 0) is 29.8 Å². The Morgan fingerprint density at radius 2 is 1.82 bits per heavy atom. The Kier molecular flexibility index (Phi) is 7.56. The third-order valence-electron chi connectivity index (χ3n) is 5.48. The molecule has 2 unspecified atom stereocenters. The second kappa shape index (κ2) is 10.8. The van der Waals surface area contributed by atoms with Crippen molar-refractivity contribution in [3.63, 3.8) is 0 Å². The first-order chi connectivity index (χ1) is 16.5. The van der Waals surface area contributed by atoms with Crippen molar-refractivity contribution in [3.05, 3.63) is 71.4 Å². The molecule has 0 spiro atoms. The van der Waals surface area contributed by atoms with Gasteiger partial charge < -0.3 is 15.2 Å². The number of thioether (sulfide) groups is 1. The first-order valence-corrected chi connectivity index (χ1v) is 11.7. The fraction of sp³-hybridized carbons (Fsp3) is 0.348. The number of aliphatic carboxylic acids is 1. The maximum atomic E-state index is 12.9. The van der Waals surface area contributed by atoms with Crippen molar-refractivity contribution in [1.29, 1.82) is 0 Å². The summed E-state index contributed by atoms with van der Waals surface area (Å²) < 4.78 is 5.08. The van der Waals surface area contributed by atoms with E-state index in [1.165, 1.54) is 23.8 Å². The van der Waals surface area contributed by atoms with Gasteiger partial charge >= 0.3 is 5.97 Å². The van der Waals surface area contributed by atoms with E-state index < -0.39 is 23.3 Å². The lowest BCUT2D eigenvalue weighted by molar-refractivity contribution is -0.151. The van der Waals surface area contributed by atoms with E-state index >= 15 is 0 Å². The lowest BCUT2D eigenvalue weighted by atomic mass is 10.0. The molecule has 2 atom stereocenters. The second-order valence-electron chi connectivity index (χ2n) is 7.93. The van der Waals surface area contributed by atoms with Crippen LogP contribution in [-0.2, 0) is 32.2 Å². The molecule has 2 aliphatic heterocycles. The molecule has 178 valence electrons. The smallest absolute Gasteiger partial charge is 0.352 e. The van der Waals surface area contributed by atoms with Gasteiger partial charge in [-0.25, -0.2) is 4.79 Å². The van der Waals surface area contributed by atoms with Crippen LogP contribution in [0.5, 0.6) is 0 Å². The lowest BCUT2D eigenvalue weighted by Gasteiger charge is -2.49. The number of hydrogen-bond donors (Lipinski definition) is 2. The Balaban J connectivity index is 1.43. The highest BCUT2D eigenvalue weighted by Crippen LogP contribution is 2.40. The summed E-state index contributed by atoms with van der Waals surface area (Å²) in [5.74, 6) is -1.51. The van der Waals surface area contributed by atoms with E-state index in [4.69, 9.17) is 4.74 Å². The molecule has 2 N–H and O–H groups in total. The van der Waals surface area contributed by atoms with Crippen molar-refractivity contribution in [2.45, 2.75) is 24.5 Å². The van der Waals surface area contributed by atoms with Gasteiger partial charge in [-0.2, -0.15) is 0 Å². The van der Waals surface area contributed by atoms with Gasteiger partial charge in [0, 0.05) is 38.3 Å². The van der Waals surface area contributed by atoms with Crippen molar-refractivity contribution < 1.29 is 24.2 Å². The Hall–Kier alpha value is -3.28. The van der Waals surface area contributed by atoms with Gasteiger partial charge in [0.05, 0.1) is 24.5 Å². The van der Waals surface area contributed by atoms with Crippen LogP contribution in [0.1, 0.15) is 11.4 Å². The van der Waals surface area contributed by atoms with Gasteiger partial charge in [0.1, 0.15) is 17.1 Å². The van der Waals surface area contributed by atoms with Crippen LogP contribution in [0, 0.1) is 0 Å². The first-order valence-electron chi connectivity index (χ1n) is 10.7. The number of carboxylic acid groups (broad SMARTS) is 1. The maximum absolute atomic E-state index is 12.9. The summed E-state index contributed by atoms with van der Waals surface area (Å²) in [4.78, 5) is 49.3. The third kappa shape index (κ3) is 5.27. The highest BCUT2D eigenvalue weighted by molar-refractivity contribution is 8.00. The zero-order chi connectivity index (χ0) is 24.1. The van der Waals surface area contributed by atoms with E-state index in [1.807, 2.05) is 41.3 Å². The average molecular weight is 484 g/mol. The van der Waals surface area contributed by atoms with Gasteiger partial charge in [-0.3, -0.25) is 29.4 Å². The van der Waals surface area contributed by atoms with Crippen LogP contribution in [0.25, 0.3) is 0 Å². The molecule has 0 bridgehead atoms. The minimum absolute atomic E-state index is 0.0326. The van der Waals surface area contributed by atoms with E-state index in [1.54, 1.807) is 12.4 Å². The molecule has 4 heterocycles. The minimum atomic E-state index is -1.17. The number of rotatable bonds is 10. The predicted molar refractivity (Wildman–Crippen MR) is 124 cm³/mol. The van der Waals surface area contributed by atoms with Gasteiger partial charge in [-0.1, -0.05) is 12.1 Å². The molecule has 0 aliphatic carbocycles. The number of ether oxygens (including phenoxy) is 1. The Morgan fingerprint density at radius 3 is 2.35 bits per heavy atom. The molecule has 2 aliphatic rings. The lowest BCUT2D eigenvalue weighted by Crippen LogP contribution is -2.71. The number of nitrogens with zero attached hydrogens (tertiary/aromatic N) is 4. The Morgan fingerprint density at radius 1 is 1.18 bits per heavy atom.